The first kappa shape index (κ1) is 18.1. The lowest BCUT2D eigenvalue weighted by Crippen LogP contribution is -2.49. The molecule has 1 aromatic rings. The summed E-state index contributed by atoms with van der Waals surface area (Å²) < 4.78 is 0. The first-order chi connectivity index (χ1) is 9.89. The number of nitrogens with one attached hydrogen (secondary N) is 1. The molecule has 0 aliphatic heterocycles. The predicted octanol–water partition coefficient (Wildman–Crippen LogP) is 4.02. The van der Waals surface area contributed by atoms with Gasteiger partial charge in [0.1, 0.15) is 5.54 Å². The number of carbonyl (C=O) groups is 1. The first-order valence-electron chi connectivity index (χ1n) is 7.57. The zero-order valence-corrected chi connectivity index (χ0v) is 14.3. The number of thioether (sulfide) groups is 1. The number of unbranched alkanes of at least 4 members (excludes halogenated alkanes) is 1. The summed E-state index contributed by atoms with van der Waals surface area (Å²) in [4.78, 5) is 12.6. The van der Waals surface area contributed by atoms with Gasteiger partial charge in [-0.25, -0.2) is 0 Å². The molecule has 0 saturated heterocycles. The number of carboxylic acid groups (broad SMARTS) is 1. The molecule has 4 heteroatoms. The molecule has 3 nitrogen and oxygen atoms in total. The number of likely N-dealkylation sites (N-methyl/N-ethyl adjacent to an activating group) is 1. The quantitative estimate of drug-likeness (QED) is 0.534. The summed E-state index contributed by atoms with van der Waals surface area (Å²) in [5.41, 5.74) is 1.81. The van der Waals surface area contributed by atoms with Crippen molar-refractivity contribution in [2.75, 3.05) is 12.3 Å². The third-order valence-electron chi connectivity index (χ3n) is 3.71. The van der Waals surface area contributed by atoms with E-state index in [1.807, 2.05) is 18.7 Å². The third kappa shape index (κ3) is 5.71. The predicted molar refractivity (Wildman–Crippen MR) is 90.2 cm³/mol. The summed E-state index contributed by atoms with van der Waals surface area (Å²) in [6, 6.07) is 6.51. The Morgan fingerprint density at radius 1 is 1.33 bits per heavy atom. The van der Waals surface area contributed by atoms with Crippen molar-refractivity contribution in [1.82, 2.24) is 5.32 Å². The van der Waals surface area contributed by atoms with Gasteiger partial charge in [0, 0.05) is 4.90 Å². The largest absolute Gasteiger partial charge is 0.480 e. The Morgan fingerprint density at radius 3 is 2.67 bits per heavy atom. The maximum Gasteiger partial charge on any atom is 0.323 e. The summed E-state index contributed by atoms with van der Waals surface area (Å²) in [5.74, 6) is 0.276. The molecule has 0 aliphatic rings. The van der Waals surface area contributed by atoms with E-state index in [1.54, 1.807) is 6.92 Å². The van der Waals surface area contributed by atoms with Crippen LogP contribution < -0.4 is 5.32 Å². The molecule has 0 amide bonds. The topological polar surface area (TPSA) is 49.3 Å². The van der Waals surface area contributed by atoms with Gasteiger partial charge in [0.15, 0.2) is 0 Å². The molecule has 0 radical (unpaired) electrons. The van der Waals surface area contributed by atoms with Gasteiger partial charge in [-0.3, -0.25) is 4.79 Å². The standard InChI is InChI=1S/C17H27NO2S/c1-5-18-17(4,16(19)20)10-6-7-11-21-15-12-13(2)8-9-14(15)3/h8-9,12,18H,5-7,10-11H2,1-4H3,(H,19,20). The Labute approximate surface area is 132 Å². The van der Waals surface area contributed by atoms with Crippen LogP contribution in [0.15, 0.2) is 23.1 Å². The summed E-state index contributed by atoms with van der Waals surface area (Å²) in [5, 5.41) is 12.4. The van der Waals surface area contributed by atoms with Crippen LogP contribution >= 0.6 is 11.8 Å². The zero-order chi connectivity index (χ0) is 15.9. The van der Waals surface area contributed by atoms with Crippen molar-refractivity contribution in [3.05, 3.63) is 29.3 Å². The minimum absolute atomic E-state index is 0.670. The van der Waals surface area contributed by atoms with Crippen molar-refractivity contribution in [2.45, 2.75) is 57.4 Å². The lowest BCUT2D eigenvalue weighted by molar-refractivity contribution is -0.144. The molecule has 0 bridgehead atoms. The van der Waals surface area contributed by atoms with Gasteiger partial charge in [0.25, 0.3) is 0 Å². The molecule has 0 spiro atoms. The van der Waals surface area contributed by atoms with Gasteiger partial charge in [0.2, 0.25) is 0 Å². The van der Waals surface area contributed by atoms with Gasteiger partial charge in [-0.2, -0.15) is 0 Å². The average molecular weight is 309 g/mol. The van der Waals surface area contributed by atoms with E-state index in [9.17, 15) is 9.90 Å². The van der Waals surface area contributed by atoms with Crippen LogP contribution in [0.4, 0.5) is 0 Å². The fourth-order valence-electron chi connectivity index (χ4n) is 2.29. The van der Waals surface area contributed by atoms with E-state index < -0.39 is 11.5 Å². The van der Waals surface area contributed by atoms with Crippen LogP contribution in [0.5, 0.6) is 0 Å². The van der Waals surface area contributed by atoms with Crippen LogP contribution in [-0.4, -0.2) is 28.9 Å². The lowest BCUT2D eigenvalue weighted by Gasteiger charge is -2.25. The second-order valence-corrected chi connectivity index (χ2v) is 6.88. The molecule has 0 fully saturated rings. The number of benzene rings is 1. The number of rotatable bonds is 9. The molecular weight excluding hydrogens is 282 g/mol. The lowest BCUT2D eigenvalue weighted by atomic mass is 9.95. The Bertz CT molecular complexity index is 476. The van der Waals surface area contributed by atoms with E-state index in [2.05, 4.69) is 37.4 Å². The van der Waals surface area contributed by atoms with Crippen molar-refractivity contribution in [1.29, 1.82) is 0 Å². The fraction of sp³-hybridized carbons (Fsp3) is 0.588. The number of aryl methyl sites for hydroxylation is 2. The smallest absolute Gasteiger partial charge is 0.323 e. The number of aliphatic carboxylic acids is 1. The molecule has 0 heterocycles. The van der Waals surface area contributed by atoms with Gasteiger partial charge in [-0.15, -0.1) is 11.8 Å². The van der Waals surface area contributed by atoms with Crippen molar-refractivity contribution >= 4 is 17.7 Å². The molecule has 2 N–H and O–H groups in total. The van der Waals surface area contributed by atoms with Gasteiger partial charge < -0.3 is 10.4 Å². The molecule has 21 heavy (non-hydrogen) atoms. The molecule has 1 aromatic carbocycles. The van der Waals surface area contributed by atoms with E-state index in [0.29, 0.717) is 13.0 Å². The van der Waals surface area contributed by atoms with Gasteiger partial charge >= 0.3 is 5.97 Å². The van der Waals surface area contributed by atoms with Crippen LogP contribution in [0.25, 0.3) is 0 Å². The molecule has 1 atom stereocenters. The van der Waals surface area contributed by atoms with E-state index in [1.165, 1.54) is 16.0 Å². The van der Waals surface area contributed by atoms with Crippen molar-refractivity contribution in [3.63, 3.8) is 0 Å². The van der Waals surface area contributed by atoms with E-state index >= 15 is 0 Å². The van der Waals surface area contributed by atoms with Crippen LogP contribution in [0.1, 0.15) is 44.2 Å². The summed E-state index contributed by atoms with van der Waals surface area (Å²) in [7, 11) is 0. The maximum atomic E-state index is 11.3. The number of hydrogen-bond acceptors (Lipinski definition) is 3. The van der Waals surface area contributed by atoms with Gasteiger partial charge in [-0.05, 0) is 57.5 Å². The molecule has 1 rings (SSSR count). The Morgan fingerprint density at radius 2 is 2.05 bits per heavy atom. The Balaban J connectivity index is 2.37. The highest BCUT2D eigenvalue weighted by molar-refractivity contribution is 7.99. The molecule has 0 aromatic heterocycles. The summed E-state index contributed by atoms with van der Waals surface area (Å²) in [6.07, 6.45) is 2.63. The number of hydrogen-bond donors (Lipinski definition) is 2. The van der Waals surface area contributed by atoms with E-state index in [-0.39, 0.29) is 0 Å². The third-order valence-corrected chi connectivity index (χ3v) is 4.95. The normalized spacial score (nSPS) is 13.9. The molecular formula is C17H27NO2S. The van der Waals surface area contributed by atoms with Gasteiger partial charge in [0.05, 0.1) is 0 Å². The van der Waals surface area contributed by atoms with Crippen LogP contribution in [0.3, 0.4) is 0 Å². The Kier molecular flexibility index (Phi) is 7.26. The second-order valence-electron chi connectivity index (χ2n) is 5.74. The first-order valence-corrected chi connectivity index (χ1v) is 8.56. The fourth-order valence-corrected chi connectivity index (χ4v) is 3.42. The molecule has 1 unspecified atom stereocenters. The SMILES string of the molecule is CCNC(C)(CCCCSc1cc(C)ccc1C)C(=O)O. The average Bonchev–Trinajstić information content (AvgIpc) is 2.42. The van der Waals surface area contributed by atoms with E-state index in [0.717, 1.165) is 18.6 Å². The van der Waals surface area contributed by atoms with Crippen LogP contribution in [0.2, 0.25) is 0 Å². The highest BCUT2D eigenvalue weighted by Gasteiger charge is 2.30. The minimum Gasteiger partial charge on any atom is -0.480 e. The molecule has 0 aliphatic carbocycles. The van der Waals surface area contributed by atoms with Crippen molar-refractivity contribution in [3.8, 4) is 0 Å². The zero-order valence-electron chi connectivity index (χ0n) is 13.5. The van der Waals surface area contributed by atoms with Crippen molar-refractivity contribution in [2.24, 2.45) is 0 Å². The highest BCUT2D eigenvalue weighted by Crippen LogP contribution is 2.25. The minimum atomic E-state index is -0.793. The Hall–Kier alpha value is -1.00. The van der Waals surface area contributed by atoms with Crippen molar-refractivity contribution < 1.29 is 9.90 Å². The van der Waals surface area contributed by atoms with Crippen LogP contribution in [-0.2, 0) is 4.79 Å². The maximum absolute atomic E-state index is 11.3. The van der Waals surface area contributed by atoms with E-state index in [4.69, 9.17) is 0 Å². The summed E-state index contributed by atoms with van der Waals surface area (Å²) >= 11 is 1.87. The van der Waals surface area contributed by atoms with Gasteiger partial charge in [-0.1, -0.05) is 31.0 Å². The highest BCUT2D eigenvalue weighted by atomic mass is 32.2. The molecule has 118 valence electrons. The number of carboxylic acids is 1. The monoisotopic (exact) mass is 309 g/mol. The van der Waals surface area contributed by atoms with Crippen LogP contribution in [0, 0.1) is 13.8 Å². The molecule has 0 saturated carbocycles. The summed E-state index contributed by atoms with van der Waals surface area (Å²) in [6.45, 7) is 8.64. The second kappa shape index (κ2) is 8.44.